The highest BCUT2D eigenvalue weighted by Gasteiger charge is 2.91. The van der Waals surface area contributed by atoms with Gasteiger partial charge in [0.25, 0.3) is 0 Å². The molecule has 0 radical (unpaired) electrons. The van der Waals surface area contributed by atoms with Crippen LogP contribution < -0.4 is 0 Å². The maximum absolute atomic E-state index is 13.0. The van der Waals surface area contributed by atoms with Crippen molar-refractivity contribution in [1.82, 2.24) is 4.90 Å². The number of fused-ring (bicyclic) bond motifs is 2. The smallest absolute Gasteiger partial charge is 0.139 e. The van der Waals surface area contributed by atoms with Gasteiger partial charge in [-0.1, -0.05) is 6.92 Å². The van der Waals surface area contributed by atoms with E-state index >= 15 is 0 Å². The minimum atomic E-state index is -1.20. The van der Waals surface area contributed by atoms with Gasteiger partial charge in [0.2, 0.25) is 0 Å². The molecule has 194 valence electrons. The third-order valence-corrected chi connectivity index (χ3v) is 11.8. The quantitative estimate of drug-likeness (QED) is 0.555. The Kier molecular flexibility index (Phi) is 5.38. The van der Waals surface area contributed by atoms with Gasteiger partial charge in [0.05, 0.1) is 37.1 Å². The normalized spacial score (nSPS) is 59.5. The summed E-state index contributed by atoms with van der Waals surface area (Å²) >= 11 is 0. The first-order valence-corrected chi connectivity index (χ1v) is 13.1. The largest absolute Gasteiger partial charge is 0.392 e. The highest BCUT2D eigenvalue weighted by atomic mass is 16.6. The first kappa shape index (κ1) is 24.0. The van der Waals surface area contributed by atoms with Crippen molar-refractivity contribution in [2.24, 2.45) is 34.5 Å². The van der Waals surface area contributed by atoms with Crippen LogP contribution in [0.2, 0.25) is 0 Å². The van der Waals surface area contributed by atoms with Gasteiger partial charge < -0.3 is 33.9 Å². The fourth-order valence-corrected chi connectivity index (χ4v) is 11.4. The zero-order valence-electron chi connectivity index (χ0n) is 21.5. The molecule has 34 heavy (non-hydrogen) atoms. The Bertz CT molecular complexity index is 829. The van der Waals surface area contributed by atoms with Gasteiger partial charge in [0, 0.05) is 77.1 Å². The average Bonchev–Trinajstić information content (AvgIpc) is 3.27. The number of ether oxygens (including phenoxy) is 5. The van der Waals surface area contributed by atoms with Crippen LogP contribution >= 0.6 is 0 Å². The van der Waals surface area contributed by atoms with Crippen LogP contribution in [0, 0.1) is 34.5 Å². The van der Waals surface area contributed by atoms with Gasteiger partial charge in [0.15, 0.2) is 0 Å². The molecule has 7 bridgehead atoms. The number of piperidine rings is 1. The van der Waals surface area contributed by atoms with E-state index < -0.39 is 22.7 Å². The Morgan fingerprint density at radius 3 is 2.41 bits per heavy atom. The van der Waals surface area contributed by atoms with Gasteiger partial charge in [-0.25, -0.2) is 0 Å². The standard InChI is InChI=1S/C26H43NO7/c1-7-27-12-23(13-30-2)9-8-17(28)25-15-10-14-16(31-3)11-24(29,18(15)19(14)32-4)26(34-6,22(25)27)21(33-5)20(23)25/h14-22,28-29H,7-13H2,1-6H3/t14-,15-,16+,17+,18-,19+,20-,21+,22+,23+,24-,25+,26-/m1/s1. The molecule has 0 amide bonds. The monoisotopic (exact) mass is 481 g/mol. The topological polar surface area (TPSA) is 89.9 Å². The Hall–Kier alpha value is -0.320. The molecule has 8 heteroatoms. The van der Waals surface area contributed by atoms with Crippen LogP contribution in [0.5, 0.6) is 0 Å². The van der Waals surface area contributed by atoms with Crippen LogP contribution in [0.1, 0.15) is 32.6 Å². The minimum Gasteiger partial charge on any atom is -0.392 e. The summed E-state index contributed by atoms with van der Waals surface area (Å²) in [5.41, 5.74) is -2.84. The van der Waals surface area contributed by atoms with E-state index in [-0.39, 0.29) is 53.4 Å². The second-order valence-corrected chi connectivity index (χ2v) is 12.1. The number of aliphatic hydroxyl groups excluding tert-OH is 1. The lowest BCUT2D eigenvalue weighted by atomic mass is 9.42. The number of hydrogen-bond acceptors (Lipinski definition) is 8. The second-order valence-electron chi connectivity index (χ2n) is 12.1. The molecule has 1 aliphatic heterocycles. The Morgan fingerprint density at radius 2 is 1.82 bits per heavy atom. The van der Waals surface area contributed by atoms with E-state index in [0.29, 0.717) is 13.0 Å². The third-order valence-electron chi connectivity index (χ3n) is 11.8. The van der Waals surface area contributed by atoms with Crippen LogP contribution in [-0.4, -0.2) is 112 Å². The van der Waals surface area contributed by atoms with E-state index in [1.807, 2.05) is 0 Å². The van der Waals surface area contributed by atoms with Crippen molar-refractivity contribution in [3.05, 3.63) is 0 Å². The summed E-state index contributed by atoms with van der Waals surface area (Å²) in [7, 11) is 8.76. The summed E-state index contributed by atoms with van der Waals surface area (Å²) in [6.07, 6.45) is 1.86. The van der Waals surface area contributed by atoms with E-state index in [2.05, 4.69) is 11.8 Å². The molecule has 0 unspecified atom stereocenters. The molecule has 2 N–H and O–H groups in total. The number of nitrogens with zero attached hydrogens (tertiary/aromatic N) is 1. The van der Waals surface area contributed by atoms with Gasteiger partial charge in [-0.15, -0.1) is 0 Å². The molecule has 5 aliphatic carbocycles. The van der Waals surface area contributed by atoms with Gasteiger partial charge in [-0.3, -0.25) is 4.90 Å². The minimum absolute atomic E-state index is 0.0262. The fraction of sp³-hybridized carbons (Fsp3) is 1.00. The molecule has 1 saturated heterocycles. The second kappa shape index (κ2) is 7.60. The van der Waals surface area contributed by atoms with E-state index in [4.69, 9.17) is 23.7 Å². The van der Waals surface area contributed by atoms with Crippen LogP contribution in [0.4, 0.5) is 0 Å². The molecule has 6 aliphatic rings. The van der Waals surface area contributed by atoms with E-state index in [1.165, 1.54) is 0 Å². The molecule has 0 aromatic heterocycles. The lowest BCUT2D eigenvalue weighted by Gasteiger charge is -2.70. The summed E-state index contributed by atoms with van der Waals surface area (Å²) in [5, 5.41) is 25.1. The third kappa shape index (κ3) is 2.23. The fourth-order valence-electron chi connectivity index (χ4n) is 11.4. The van der Waals surface area contributed by atoms with Gasteiger partial charge >= 0.3 is 0 Å². The Labute approximate surface area is 203 Å². The molecule has 6 fully saturated rings. The number of likely N-dealkylation sites (N-methyl/N-ethyl adjacent to an activating group) is 1. The van der Waals surface area contributed by atoms with Crippen molar-refractivity contribution >= 4 is 0 Å². The lowest BCUT2D eigenvalue weighted by Crippen LogP contribution is -2.82. The number of aliphatic hydroxyl groups is 2. The van der Waals surface area contributed by atoms with Crippen molar-refractivity contribution in [2.45, 2.75) is 74.3 Å². The molecule has 5 saturated carbocycles. The Balaban J connectivity index is 1.69. The van der Waals surface area contributed by atoms with Crippen LogP contribution in [-0.2, 0) is 23.7 Å². The molecular weight excluding hydrogens is 438 g/mol. The van der Waals surface area contributed by atoms with Gasteiger partial charge in [-0.05, 0) is 31.7 Å². The molecule has 1 heterocycles. The number of hydrogen-bond donors (Lipinski definition) is 2. The van der Waals surface area contributed by atoms with Crippen molar-refractivity contribution < 1.29 is 33.9 Å². The summed E-state index contributed by atoms with van der Waals surface area (Å²) in [4.78, 5) is 2.49. The summed E-state index contributed by atoms with van der Waals surface area (Å²) < 4.78 is 31.1. The zero-order valence-corrected chi connectivity index (χ0v) is 21.5. The molecular formula is C26H43NO7. The molecule has 8 nitrogen and oxygen atoms in total. The first-order chi connectivity index (χ1) is 16.3. The maximum Gasteiger partial charge on any atom is 0.139 e. The van der Waals surface area contributed by atoms with Gasteiger partial charge in [0.1, 0.15) is 11.2 Å². The maximum atomic E-state index is 13.0. The predicted molar refractivity (Wildman–Crippen MR) is 123 cm³/mol. The Morgan fingerprint density at radius 1 is 1.06 bits per heavy atom. The number of likely N-dealkylation sites (tertiary alicyclic amines) is 1. The van der Waals surface area contributed by atoms with E-state index in [1.54, 1.807) is 35.5 Å². The molecule has 6 rings (SSSR count). The lowest BCUT2D eigenvalue weighted by molar-refractivity contribution is -0.324. The van der Waals surface area contributed by atoms with Crippen molar-refractivity contribution in [2.75, 3.05) is 55.2 Å². The van der Waals surface area contributed by atoms with Crippen LogP contribution in [0.3, 0.4) is 0 Å². The number of rotatable bonds is 7. The zero-order chi connectivity index (χ0) is 24.3. The van der Waals surface area contributed by atoms with E-state index in [9.17, 15) is 10.2 Å². The summed E-state index contributed by atoms with van der Waals surface area (Å²) in [5.74, 6) is 0.165. The van der Waals surface area contributed by atoms with Crippen molar-refractivity contribution in [3.8, 4) is 0 Å². The average molecular weight is 482 g/mol. The first-order valence-electron chi connectivity index (χ1n) is 13.1. The SMILES string of the molecule is CCN1C[C@]2(COC)CC[C@H](O)[C@@]34[C@@H]5C[C@H]6[C@H](OC)[C@@H]5[C@](O)(C[C@@H]6OC)[C@@](OC)([C@@H](OC)[C@H]23)[C@@H]14. The van der Waals surface area contributed by atoms with Crippen molar-refractivity contribution in [1.29, 1.82) is 0 Å². The number of methoxy groups -OCH3 is 5. The van der Waals surface area contributed by atoms with Crippen LogP contribution in [0.25, 0.3) is 0 Å². The molecule has 1 spiro atoms. The molecule has 0 aromatic carbocycles. The highest BCUT2D eigenvalue weighted by Crippen LogP contribution is 2.80. The highest BCUT2D eigenvalue weighted by molar-refractivity contribution is 5.41. The predicted octanol–water partition coefficient (Wildman–Crippen LogP) is 0.925. The summed E-state index contributed by atoms with van der Waals surface area (Å²) in [6.45, 7) is 4.48. The molecule has 13 atom stereocenters. The summed E-state index contributed by atoms with van der Waals surface area (Å²) in [6, 6.07) is -0.150. The van der Waals surface area contributed by atoms with Crippen LogP contribution in [0.15, 0.2) is 0 Å². The molecule has 0 aromatic rings. The van der Waals surface area contributed by atoms with Gasteiger partial charge in [-0.2, -0.15) is 0 Å². The van der Waals surface area contributed by atoms with Crippen molar-refractivity contribution in [3.63, 3.8) is 0 Å². The van der Waals surface area contributed by atoms with E-state index in [0.717, 1.165) is 32.4 Å².